The van der Waals surface area contributed by atoms with E-state index in [1.807, 2.05) is 0 Å². The fraction of sp³-hybridized carbons (Fsp3) is 0.429. The van der Waals surface area contributed by atoms with Crippen molar-refractivity contribution in [2.75, 3.05) is 6.61 Å². The lowest BCUT2D eigenvalue weighted by Crippen LogP contribution is -2.20. The number of carbonyl (C=O) groups excluding carboxylic acids is 1. The van der Waals surface area contributed by atoms with Crippen molar-refractivity contribution in [1.29, 1.82) is 0 Å². The van der Waals surface area contributed by atoms with Gasteiger partial charge in [0.1, 0.15) is 0 Å². The Bertz CT molecular complexity index is 451. The molecule has 0 aliphatic heterocycles. The van der Waals surface area contributed by atoms with Crippen LogP contribution in [-0.4, -0.2) is 45.8 Å². The molecule has 0 saturated carbocycles. The number of aliphatic carboxylic acids is 3. The fourth-order valence-electron chi connectivity index (χ4n) is 0.941. The van der Waals surface area contributed by atoms with E-state index in [4.69, 9.17) is 15.3 Å². The lowest BCUT2D eigenvalue weighted by atomic mass is 10.0. The van der Waals surface area contributed by atoms with Gasteiger partial charge in [-0.05, 0) is 20.3 Å². The average molecular weight is 316 g/mol. The molecule has 0 radical (unpaired) electrons. The number of carboxylic acid groups (broad SMARTS) is 3. The van der Waals surface area contributed by atoms with Crippen molar-refractivity contribution in [1.82, 2.24) is 0 Å². The summed E-state index contributed by atoms with van der Waals surface area (Å²) in [6.07, 6.45) is -0.513. The Hall–Kier alpha value is -2.64. The van der Waals surface area contributed by atoms with E-state index in [-0.39, 0.29) is 24.2 Å². The van der Waals surface area contributed by atoms with Gasteiger partial charge >= 0.3 is 23.9 Å². The van der Waals surface area contributed by atoms with Gasteiger partial charge < -0.3 is 20.1 Å². The minimum Gasteiger partial charge on any atom is -0.481 e. The average Bonchev–Trinajstić information content (AvgIpc) is 2.37. The Kier molecular flexibility index (Phi) is 10.9. The molecule has 0 saturated heterocycles. The molecular formula is C14H20O8. The van der Waals surface area contributed by atoms with Crippen LogP contribution in [0.1, 0.15) is 26.7 Å². The van der Waals surface area contributed by atoms with Crippen LogP contribution in [0.2, 0.25) is 0 Å². The zero-order valence-electron chi connectivity index (χ0n) is 12.5. The lowest BCUT2D eigenvalue weighted by molar-refractivity contribution is -0.150. The van der Waals surface area contributed by atoms with Crippen LogP contribution in [0.4, 0.5) is 0 Å². The van der Waals surface area contributed by atoms with E-state index in [1.165, 1.54) is 13.8 Å². The molecule has 0 aliphatic rings. The van der Waals surface area contributed by atoms with E-state index < -0.39 is 36.2 Å². The Morgan fingerprint density at radius 3 is 1.73 bits per heavy atom. The van der Waals surface area contributed by atoms with Crippen molar-refractivity contribution >= 4 is 23.9 Å². The molecular weight excluding hydrogens is 296 g/mol. The smallest absolute Gasteiger partial charge is 0.333 e. The summed E-state index contributed by atoms with van der Waals surface area (Å²) in [5, 5.41) is 25.0. The standard InChI is InChI=1S/C10H14O6.C4H6O2/c1-6(2)10(15)16-4-3-7(9(13)14)5-8(11)12;1-3(2)4(5)6/h7H,1,3-5H2,2H3,(H,11,12)(H,13,14);1H2,2H3,(H,5,6). The molecule has 8 heteroatoms. The predicted molar refractivity (Wildman–Crippen MR) is 76.2 cm³/mol. The summed E-state index contributed by atoms with van der Waals surface area (Å²) in [5.41, 5.74) is 0.389. The number of carboxylic acids is 3. The highest BCUT2D eigenvalue weighted by molar-refractivity contribution is 5.87. The Balaban J connectivity index is 0. The Labute approximate surface area is 127 Å². The topological polar surface area (TPSA) is 138 Å². The maximum atomic E-state index is 10.9. The molecule has 0 fully saturated rings. The molecule has 0 aliphatic carbocycles. The van der Waals surface area contributed by atoms with Gasteiger partial charge in [0.05, 0.1) is 18.9 Å². The molecule has 124 valence electrons. The zero-order chi connectivity index (χ0) is 17.9. The number of ether oxygens (including phenoxy) is 1. The molecule has 22 heavy (non-hydrogen) atoms. The van der Waals surface area contributed by atoms with E-state index in [2.05, 4.69) is 17.9 Å². The first-order valence-electron chi connectivity index (χ1n) is 6.15. The van der Waals surface area contributed by atoms with Gasteiger partial charge in [-0.2, -0.15) is 0 Å². The van der Waals surface area contributed by atoms with E-state index in [0.29, 0.717) is 0 Å². The van der Waals surface area contributed by atoms with E-state index >= 15 is 0 Å². The molecule has 0 amide bonds. The maximum absolute atomic E-state index is 10.9. The number of hydrogen-bond donors (Lipinski definition) is 3. The monoisotopic (exact) mass is 316 g/mol. The van der Waals surface area contributed by atoms with Gasteiger partial charge in [0, 0.05) is 11.1 Å². The summed E-state index contributed by atoms with van der Waals surface area (Å²) >= 11 is 0. The second kappa shape index (κ2) is 11.1. The molecule has 1 atom stereocenters. The fourth-order valence-corrected chi connectivity index (χ4v) is 0.941. The first-order valence-corrected chi connectivity index (χ1v) is 6.15. The SMILES string of the molecule is C=C(C)C(=O)O.C=C(C)C(=O)OCCC(CC(=O)O)C(=O)O. The molecule has 0 aromatic rings. The summed E-state index contributed by atoms with van der Waals surface area (Å²) in [6, 6.07) is 0. The summed E-state index contributed by atoms with van der Waals surface area (Å²) in [4.78, 5) is 41.5. The normalized spacial score (nSPS) is 10.5. The molecule has 0 spiro atoms. The van der Waals surface area contributed by atoms with Crippen molar-refractivity contribution in [3.63, 3.8) is 0 Å². The molecule has 1 unspecified atom stereocenters. The van der Waals surface area contributed by atoms with Crippen LogP contribution < -0.4 is 0 Å². The van der Waals surface area contributed by atoms with Gasteiger partial charge in [0.25, 0.3) is 0 Å². The summed E-state index contributed by atoms with van der Waals surface area (Å²) in [6.45, 7) is 9.29. The molecule has 0 rings (SSSR count). The van der Waals surface area contributed by atoms with Gasteiger partial charge in [0.15, 0.2) is 0 Å². The van der Waals surface area contributed by atoms with Gasteiger partial charge in [-0.15, -0.1) is 0 Å². The van der Waals surface area contributed by atoms with Crippen LogP contribution in [0.3, 0.4) is 0 Å². The molecule has 0 aromatic carbocycles. The van der Waals surface area contributed by atoms with Crippen molar-refractivity contribution < 1.29 is 39.2 Å². The molecule has 3 N–H and O–H groups in total. The molecule has 0 bridgehead atoms. The highest BCUT2D eigenvalue weighted by Gasteiger charge is 2.21. The Morgan fingerprint density at radius 2 is 1.45 bits per heavy atom. The quantitative estimate of drug-likeness (QED) is 0.450. The maximum Gasteiger partial charge on any atom is 0.333 e. The second-order valence-electron chi connectivity index (χ2n) is 4.42. The first kappa shape index (κ1) is 21.7. The third-order valence-electron chi connectivity index (χ3n) is 2.18. The van der Waals surface area contributed by atoms with E-state index in [9.17, 15) is 19.2 Å². The molecule has 8 nitrogen and oxygen atoms in total. The zero-order valence-corrected chi connectivity index (χ0v) is 12.5. The largest absolute Gasteiger partial charge is 0.481 e. The van der Waals surface area contributed by atoms with Gasteiger partial charge in [-0.25, -0.2) is 9.59 Å². The van der Waals surface area contributed by atoms with Crippen LogP contribution in [0.5, 0.6) is 0 Å². The lowest BCUT2D eigenvalue weighted by Gasteiger charge is -2.09. The first-order chi connectivity index (χ1) is 9.98. The van der Waals surface area contributed by atoms with Crippen molar-refractivity contribution in [2.45, 2.75) is 26.7 Å². The number of esters is 1. The summed E-state index contributed by atoms with van der Waals surface area (Å²) in [7, 11) is 0. The summed E-state index contributed by atoms with van der Waals surface area (Å²) < 4.78 is 4.67. The third-order valence-corrected chi connectivity index (χ3v) is 2.18. The van der Waals surface area contributed by atoms with Gasteiger partial charge in [-0.1, -0.05) is 13.2 Å². The number of carbonyl (C=O) groups is 4. The van der Waals surface area contributed by atoms with E-state index in [0.717, 1.165) is 0 Å². The third kappa shape index (κ3) is 12.4. The van der Waals surface area contributed by atoms with Crippen molar-refractivity contribution in [3.8, 4) is 0 Å². The number of rotatable bonds is 8. The summed E-state index contributed by atoms with van der Waals surface area (Å²) in [5.74, 6) is -5.00. The van der Waals surface area contributed by atoms with Crippen LogP contribution in [0.25, 0.3) is 0 Å². The van der Waals surface area contributed by atoms with Crippen LogP contribution in [-0.2, 0) is 23.9 Å². The van der Waals surface area contributed by atoms with Crippen molar-refractivity contribution in [3.05, 3.63) is 24.3 Å². The van der Waals surface area contributed by atoms with Crippen molar-refractivity contribution in [2.24, 2.45) is 5.92 Å². The van der Waals surface area contributed by atoms with E-state index in [1.54, 1.807) is 0 Å². The van der Waals surface area contributed by atoms with Crippen LogP contribution in [0.15, 0.2) is 24.3 Å². The molecule has 0 heterocycles. The van der Waals surface area contributed by atoms with Gasteiger partial charge in [0.2, 0.25) is 0 Å². The number of hydrogen-bond acceptors (Lipinski definition) is 5. The highest BCUT2D eigenvalue weighted by atomic mass is 16.5. The second-order valence-corrected chi connectivity index (χ2v) is 4.42. The van der Waals surface area contributed by atoms with Gasteiger partial charge in [-0.3, -0.25) is 9.59 Å². The Morgan fingerprint density at radius 1 is 1.00 bits per heavy atom. The highest BCUT2D eigenvalue weighted by Crippen LogP contribution is 2.09. The minimum absolute atomic E-state index is 0.0271. The predicted octanol–water partition coefficient (Wildman–Crippen LogP) is 1.32. The molecule has 0 aromatic heterocycles. The van der Waals surface area contributed by atoms with Crippen LogP contribution >= 0.6 is 0 Å². The minimum atomic E-state index is -1.21. The van der Waals surface area contributed by atoms with Crippen LogP contribution in [0, 0.1) is 5.92 Å².